The maximum atomic E-state index is 13.7. The molecule has 0 unspecified atom stereocenters. The topological polar surface area (TPSA) is 231 Å². The minimum absolute atomic E-state index is 0.0899. The van der Waals surface area contributed by atoms with Crippen molar-refractivity contribution in [3.05, 3.63) is 92.8 Å². The average molecular weight is 1200 g/mol. The fraction of sp³-hybridized carbons (Fsp3) is 0.557. The normalized spacial score (nSPS) is 15.6. The molecule has 4 amide bonds. The van der Waals surface area contributed by atoms with Crippen LogP contribution in [0.1, 0.15) is 131 Å². The van der Waals surface area contributed by atoms with E-state index in [9.17, 15) is 29.1 Å². The predicted octanol–water partition coefficient (Wildman–Crippen LogP) is 10.4. The van der Waals surface area contributed by atoms with Crippen LogP contribution in [0, 0.1) is 32.1 Å². The third-order valence-corrected chi connectivity index (χ3v) is 16.8. The van der Waals surface area contributed by atoms with Crippen LogP contribution in [-0.4, -0.2) is 149 Å². The summed E-state index contributed by atoms with van der Waals surface area (Å²) in [5.74, 6) is 0.935. The van der Waals surface area contributed by atoms with Crippen LogP contribution in [0.4, 0.5) is 22.5 Å². The number of para-hydroxylation sites is 1. The van der Waals surface area contributed by atoms with Crippen LogP contribution < -0.4 is 20.9 Å². The lowest BCUT2D eigenvalue weighted by atomic mass is 9.76. The van der Waals surface area contributed by atoms with E-state index in [4.69, 9.17) is 25.8 Å². The van der Waals surface area contributed by atoms with Crippen molar-refractivity contribution < 1.29 is 43.3 Å². The molecular formula is C61H85ClN10O9S2. The largest absolute Gasteiger partial charge is 0.391 e. The smallest absolute Gasteiger partial charge is 0.267 e. The number of β-amino-alcohol motifs (C(OH)–C–C–N with tert-alkyl or cyclic N) is 1. The van der Waals surface area contributed by atoms with E-state index in [-0.39, 0.29) is 48.8 Å². The molecule has 2 fully saturated rings. The number of hydrogen-bond donors (Lipinski definition) is 4. The number of aromatic nitrogens is 4. The number of ether oxygens (including phenoxy) is 3. The Morgan fingerprint density at radius 3 is 2.25 bits per heavy atom. The highest BCUT2D eigenvalue weighted by Gasteiger charge is 2.44. The van der Waals surface area contributed by atoms with Crippen molar-refractivity contribution in [3.63, 3.8) is 0 Å². The van der Waals surface area contributed by atoms with Gasteiger partial charge in [0, 0.05) is 90.7 Å². The number of aryl methyl sites for hydroxylation is 3. The van der Waals surface area contributed by atoms with Crippen LogP contribution in [0.5, 0.6) is 0 Å². The minimum Gasteiger partial charge on any atom is -0.391 e. The molecule has 0 spiro atoms. The van der Waals surface area contributed by atoms with Gasteiger partial charge in [0.1, 0.15) is 34.2 Å². The van der Waals surface area contributed by atoms with Crippen LogP contribution in [0.3, 0.4) is 0 Å². The first-order valence-corrected chi connectivity index (χ1v) is 31.0. The molecule has 5 heterocycles. The number of benzene rings is 2. The maximum absolute atomic E-state index is 13.7. The molecule has 0 bridgehead atoms. The Morgan fingerprint density at radius 1 is 0.855 bits per heavy atom. The van der Waals surface area contributed by atoms with E-state index in [2.05, 4.69) is 47.7 Å². The maximum Gasteiger partial charge on any atom is 0.267 e. The molecule has 2 aliphatic heterocycles. The molecule has 0 saturated carbocycles. The molecule has 2 saturated heterocycles. The fourth-order valence-electron chi connectivity index (χ4n) is 9.76. The SMILES string of the molecule is CCCCCCC(=O)C[C@H](C(=O)N1C[C@H](O)C[C@H]1C(=O)NCc1ccc(-c2scnc2C)cc1)C(C)(C)C.COCCOCCOCCCCCC(=O)N1CCN(c2cc(Nc3ncc(C(=O)Nc4c(C)cccc4Cl)s3)nc(C)n2)CC1. The van der Waals surface area contributed by atoms with Gasteiger partial charge in [-0.25, -0.2) is 19.9 Å². The van der Waals surface area contributed by atoms with Gasteiger partial charge in [-0.2, -0.15) is 0 Å². The van der Waals surface area contributed by atoms with Crippen LogP contribution in [-0.2, 0) is 39.9 Å². The number of anilines is 4. The number of likely N-dealkylation sites (tertiary alicyclic amines) is 1. The van der Waals surface area contributed by atoms with E-state index in [1.807, 2.05) is 94.4 Å². The summed E-state index contributed by atoms with van der Waals surface area (Å²) in [6, 6.07) is 14.6. The summed E-state index contributed by atoms with van der Waals surface area (Å²) in [6.45, 7) is 19.8. The van der Waals surface area contributed by atoms with Gasteiger partial charge in [-0.15, -0.1) is 11.3 Å². The summed E-state index contributed by atoms with van der Waals surface area (Å²) < 4.78 is 15.9. The second-order valence-electron chi connectivity index (χ2n) is 22.1. The minimum atomic E-state index is -0.762. The number of nitrogens with one attached hydrogen (secondary N) is 3. The summed E-state index contributed by atoms with van der Waals surface area (Å²) in [4.78, 5) is 90.2. The number of amides is 4. The van der Waals surface area contributed by atoms with Gasteiger partial charge in [0.15, 0.2) is 5.13 Å². The predicted molar refractivity (Wildman–Crippen MR) is 329 cm³/mol. The molecular weight excluding hydrogens is 1120 g/mol. The highest BCUT2D eigenvalue weighted by atomic mass is 35.5. The second kappa shape index (κ2) is 33.5. The van der Waals surface area contributed by atoms with Gasteiger partial charge in [-0.1, -0.05) is 113 Å². The number of rotatable bonds is 29. The zero-order valence-corrected chi connectivity index (χ0v) is 52.0. The molecule has 5 aromatic rings. The number of methoxy groups -OCH3 is 1. The number of aliphatic hydroxyl groups is 1. The van der Waals surface area contributed by atoms with Gasteiger partial charge in [-0.3, -0.25) is 24.0 Å². The van der Waals surface area contributed by atoms with Crippen molar-refractivity contribution in [2.45, 2.75) is 138 Å². The molecule has 2 aromatic carbocycles. The number of nitrogens with zero attached hydrogens (tertiary/aromatic N) is 7. The summed E-state index contributed by atoms with van der Waals surface area (Å²) >= 11 is 9.08. The fourth-order valence-corrected chi connectivity index (χ4v) is 11.6. The van der Waals surface area contributed by atoms with E-state index < -0.39 is 23.5 Å². The number of halogens is 1. The van der Waals surface area contributed by atoms with Gasteiger partial charge in [-0.05, 0) is 68.2 Å². The Bertz CT molecular complexity index is 2850. The second-order valence-corrected chi connectivity index (χ2v) is 24.4. The van der Waals surface area contributed by atoms with Crippen molar-refractivity contribution in [2.24, 2.45) is 11.3 Å². The molecule has 19 nitrogen and oxygen atoms in total. The van der Waals surface area contributed by atoms with Crippen molar-refractivity contribution in [1.82, 2.24) is 35.1 Å². The van der Waals surface area contributed by atoms with Crippen LogP contribution in [0.15, 0.2) is 60.2 Å². The molecule has 4 N–H and O–H groups in total. The average Bonchev–Trinajstić information content (AvgIpc) is 4.37. The van der Waals surface area contributed by atoms with Crippen molar-refractivity contribution >= 4 is 86.1 Å². The Labute approximate surface area is 502 Å². The Balaban J connectivity index is 0.000000271. The third-order valence-electron chi connectivity index (χ3n) is 14.6. The van der Waals surface area contributed by atoms with Gasteiger partial charge < -0.3 is 50.0 Å². The lowest BCUT2D eigenvalue weighted by Gasteiger charge is -2.35. The quantitative estimate of drug-likeness (QED) is 0.0326. The van der Waals surface area contributed by atoms with Crippen LogP contribution >= 0.6 is 34.3 Å². The highest BCUT2D eigenvalue weighted by Crippen LogP contribution is 2.35. The standard InChI is InChI=1S/C31H42ClN7O5S.C30H43N3O4S/c1-22-8-7-9-24(32)29(22)37-30(41)25-21-33-31(45-25)36-26-20-27(35-23(2)34-26)38-11-13-39(14-12-38)28(40)10-5-4-6-15-43-18-19-44-17-16-42-3;1-6-7-8-9-10-23(34)15-25(30(3,4)5)29(37)33-18-24(35)16-26(33)28(36)31-17-21-11-13-22(14-12-21)27-20(2)32-19-38-27/h7-9,20-21H,4-6,10-19H2,1-3H3,(H,37,41)(H,33,34,35,36);11-14,19,24-26,35H,6-10,15-18H2,1-5H3,(H,31,36)/t;24-,25-,26+/m.1/s1. The van der Waals surface area contributed by atoms with Crippen molar-refractivity contribution in [1.29, 1.82) is 0 Å². The van der Waals surface area contributed by atoms with Gasteiger partial charge in [0.05, 0.1) is 65.5 Å². The molecule has 2 aliphatic rings. The number of carbonyl (C=O) groups excluding carboxylic acids is 5. The molecule has 3 aromatic heterocycles. The van der Waals surface area contributed by atoms with E-state index in [0.717, 1.165) is 78.0 Å². The Kier molecular flexibility index (Phi) is 26.7. The summed E-state index contributed by atoms with van der Waals surface area (Å²) in [7, 11) is 1.65. The summed E-state index contributed by atoms with van der Waals surface area (Å²) in [6.07, 6.45) is 8.97. The monoisotopic (exact) mass is 1200 g/mol. The molecule has 452 valence electrons. The lowest BCUT2D eigenvalue weighted by molar-refractivity contribution is -0.146. The van der Waals surface area contributed by atoms with Crippen LogP contribution in [0.2, 0.25) is 5.02 Å². The number of aliphatic hydroxyl groups excluding tert-OH is 1. The molecule has 0 radical (unpaired) electrons. The third kappa shape index (κ3) is 21.0. The van der Waals surface area contributed by atoms with Crippen molar-refractivity contribution in [2.75, 3.05) is 88.4 Å². The number of piperazine rings is 1. The number of unbranched alkanes of at least 4 members (excludes halogenated alkanes) is 5. The van der Waals surface area contributed by atoms with E-state index >= 15 is 0 Å². The van der Waals surface area contributed by atoms with Crippen LogP contribution in [0.25, 0.3) is 10.4 Å². The lowest BCUT2D eigenvalue weighted by Crippen LogP contribution is -2.50. The molecule has 83 heavy (non-hydrogen) atoms. The van der Waals surface area contributed by atoms with Gasteiger partial charge >= 0.3 is 0 Å². The Morgan fingerprint density at radius 2 is 1.57 bits per heavy atom. The Hall–Kier alpha value is -5.94. The van der Waals surface area contributed by atoms with E-state index in [1.165, 1.54) is 22.4 Å². The number of carbonyl (C=O) groups is 5. The number of Topliss-reactive ketones (excluding diaryl/α,β-unsaturated/α-hetero) is 1. The van der Waals surface area contributed by atoms with Gasteiger partial charge in [0.25, 0.3) is 5.91 Å². The molecule has 22 heteroatoms. The highest BCUT2D eigenvalue weighted by molar-refractivity contribution is 7.17. The first kappa shape index (κ1) is 66.2. The number of thiazole rings is 2. The molecule has 0 aliphatic carbocycles. The number of hydrogen-bond acceptors (Lipinski definition) is 17. The zero-order valence-electron chi connectivity index (χ0n) is 49.6. The molecule has 7 rings (SSSR count). The zero-order chi connectivity index (χ0) is 59.9. The number of ketones is 1. The summed E-state index contributed by atoms with van der Waals surface area (Å²) in [5, 5.41) is 20.4. The summed E-state index contributed by atoms with van der Waals surface area (Å²) in [5.41, 5.74) is 5.88. The first-order chi connectivity index (χ1) is 39.8. The van der Waals surface area contributed by atoms with Crippen molar-refractivity contribution in [3.8, 4) is 10.4 Å². The van der Waals surface area contributed by atoms with E-state index in [1.54, 1.807) is 24.5 Å². The van der Waals surface area contributed by atoms with E-state index in [0.29, 0.717) is 111 Å². The van der Waals surface area contributed by atoms with Gasteiger partial charge in [0.2, 0.25) is 17.7 Å². The first-order valence-electron chi connectivity index (χ1n) is 28.9. The molecule has 3 atom stereocenters.